The zero-order valence-corrected chi connectivity index (χ0v) is 14.1. The van der Waals surface area contributed by atoms with E-state index < -0.39 is 17.4 Å². The van der Waals surface area contributed by atoms with E-state index in [1.807, 2.05) is 19.1 Å². The van der Waals surface area contributed by atoms with E-state index in [0.717, 1.165) is 4.88 Å². The summed E-state index contributed by atoms with van der Waals surface area (Å²) in [5.74, 6) is -1.72. The fourth-order valence-corrected chi connectivity index (χ4v) is 4.62. The third-order valence-electron chi connectivity index (χ3n) is 5.24. The first-order valence-corrected chi connectivity index (χ1v) is 8.52. The number of nitrogens with zero attached hydrogens (tertiary/aromatic N) is 2. The molecule has 0 radical (unpaired) electrons. The molecule has 2 aliphatic rings. The Bertz CT molecular complexity index is 661. The fraction of sp³-hybridized carbons (Fsp3) is 0.562. The number of carboxylic acids is 1. The van der Waals surface area contributed by atoms with E-state index in [0.29, 0.717) is 30.8 Å². The minimum Gasteiger partial charge on any atom is -0.481 e. The number of thiophene rings is 1. The maximum atomic E-state index is 12.5. The first kappa shape index (κ1) is 16.0. The van der Waals surface area contributed by atoms with Gasteiger partial charge >= 0.3 is 5.97 Å². The van der Waals surface area contributed by atoms with Crippen LogP contribution in [0.15, 0.2) is 12.1 Å². The zero-order chi connectivity index (χ0) is 16.8. The van der Waals surface area contributed by atoms with Gasteiger partial charge in [-0.2, -0.15) is 0 Å². The normalized spacial score (nSPS) is 23.6. The van der Waals surface area contributed by atoms with Crippen LogP contribution in [0.2, 0.25) is 0 Å². The van der Waals surface area contributed by atoms with E-state index in [-0.39, 0.29) is 18.2 Å². The van der Waals surface area contributed by atoms with Crippen LogP contribution in [0.4, 0.5) is 0 Å². The molecule has 2 aliphatic heterocycles. The maximum Gasteiger partial charge on any atom is 0.309 e. The molecule has 1 spiro atoms. The lowest BCUT2D eigenvalue weighted by Gasteiger charge is -2.45. The number of rotatable bonds is 2. The number of carboxylic acid groups (broad SMARTS) is 1. The highest BCUT2D eigenvalue weighted by atomic mass is 32.1. The van der Waals surface area contributed by atoms with Crippen molar-refractivity contribution >= 4 is 29.1 Å². The molecule has 7 heteroatoms. The third-order valence-corrected chi connectivity index (χ3v) is 6.22. The summed E-state index contributed by atoms with van der Waals surface area (Å²) in [6, 6.07) is 3.76. The topological polar surface area (TPSA) is 77.9 Å². The molecule has 2 fully saturated rings. The van der Waals surface area contributed by atoms with Crippen LogP contribution in [0.3, 0.4) is 0 Å². The minimum absolute atomic E-state index is 0.00296. The van der Waals surface area contributed by atoms with Gasteiger partial charge in [-0.05, 0) is 31.9 Å². The number of aliphatic carboxylic acids is 1. The van der Waals surface area contributed by atoms with E-state index in [1.54, 1.807) is 16.8 Å². The van der Waals surface area contributed by atoms with Gasteiger partial charge in [-0.15, -0.1) is 11.3 Å². The van der Waals surface area contributed by atoms with Gasteiger partial charge in [0, 0.05) is 31.4 Å². The highest BCUT2D eigenvalue weighted by Crippen LogP contribution is 2.43. The predicted octanol–water partition coefficient (Wildman–Crippen LogP) is 1.59. The number of hydrogen-bond acceptors (Lipinski definition) is 4. The van der Waals surface area contributed by atoms with E-state index in [1.165, 1.54) is 11.3 Å². The molecule has 0 aromatic carbocycles. The molecule has 2 amide bonds. The number of carbonyl (C=O) groups excluding carboxylic acids is 2. The average Bonchev–Trinajstić information content (AvgIpc) is 3.05. The number of likely N-dealkylation sites (tertiary alicyclic amines) is 2. The lowest BCUT2D eigenvalue weighted by Crippen LogP contribution is -2.56. The standard InChI is InChI=1S/C16H20N2O4S/c1-10-3-4-12(23-10)14(20)18-7-5-16(6-8-18)11(15(21)22)9-13(19)17(16)2/h3-4,11H,5-9H2,1-2H3,(H,21,22)/t11-/m0/s1. The molecule has 0 aliphatic carbocycles. The Morgan fingerprint density at radius 3 is 2.48 bits per heavy atom. The van der Waals surface area contributed by atoms with Gasteiger partial charge in [-0.1, -0.05) is 0 Å². The number of carbonyl (C=O) groups is 3. The summed E-state index contributed by atoms with van der Waals surface area (Å²) in [5, 5.41) is 9.46. The summed E-state index contributed by atoms with van der Waals surface area (Å²) < 4.78 is 0. The SMILES string of the molecule is Cc1ccc(C(=O)N2CCC3(CC2)[C@H](C(=O)O)CC(=O)N3C)s1. The zero-order valence-electron chi connectivity index (χ0n) is 13.2. The molecule has 0 unspecified atom stereocenters. The van der Waals surface area contributed by atoms with E-state index in [9.17, 15) is 19.5 Å². The highest BCUT2D eigenvalue weighted by molar-refractivity contribution is 7.13. The summed E-state index contributed by atoms with van der Waals surface area (Å²) in [6.07, 6.45) is 1.09. The molecule has 23 heavy (non-hydrogen) atoms. The molecule has 3 rings (SSSR count). The van der Waals surface area contributed by atoms with Crippen LogP contribution >= 0.6 is 11.3 Å². The molecular weight excluding hydrogens is 316 g/mol. The molecule has 0 bridgehead atoms. The predicted molar refractivity (Wildman–Crippen MR) is 85.4 cm³/mol. The van der Waals surface area contributed by atoms with Gasteiger partial charge in [0.25, 0.3) is 5.91 Å². The van der Waals surface area contributed by atoms with Gasteiger partial charge in [0.2, 0.25) is 5.91 Å². The Balaban J connectivity index is 1.75. The van der Waals surface area contributed by atoms with Crippen LogP contribution in [0, 0.1) is 12.8 Å². The summed E-state index contributed by atoms with van der Waals surface area (Å²) in [6.45, 7) is 2.93. The Morgan fingerprint density at radius 2 is 1.96 bits per heavy atom. The van der Waals surface area contributed by atoms with Crippen LogP contribution in [-0.4, -0.2) is 58.4 Å². The van der Waals surface area contributed by atoms with E-state index >= 15 is 0 Å². The number of hydrogen-bond donors (Lipinski definition) is 1. The van der Waals surface area contributed by atoms with Crippen molar-refractivity contribution in [1.29, 1.82) is 0 Å². The Hall–Kier alpha value is -1.89. The molecule has 1 aromatic heterocycles. The second-order valence-electron chi connectivity index (χ2n) is 6.35. The smallest absolute Gasteiger partial charge is 0.309 e. The lowest BCUT2D eigenvalue weighted by atomic mass is 9.77. The van der Waals surface area contributed by atoms with Crippen molar-refractivity contribution < 1.29 is 19.5 Å². The second kappa shape index (κ2) is 5.63. The molecule has 1 aromatic rings. The van der Waals surface area contributed by atoms with Crippen molar-refractivity contribution in [2.24, 2.45) is 5.92 Å². The third kappa shape index (κ3) is 2.52. The molecular formula is C16H20N2O4S. The molecule has 6 nitrogen and oxygen atoms in total. The molecule has 1 N–H and O–H groups in total. The van der Waals surface area contributed by atoms with Crippen LogP contribution in [0.1, 0.15) is 33.8 Å². The number of amides is 2. The first-order chi connectivity index (χ1) is 10.8. The molecule has 3 heterocycles. The number of aryl methyl sites for hydroxylation is 1. The van der Waals surface area contributed by atoms with Gasteiger partial charge in [-0.25, -0.2) is 0 Å². The fourth-order valence-electron chi connectivity index (χ4n) is 3.79. The summed E-state index contributed by atoms with van der Waals surface area (Å²) in [4.78, 5) is 41.2. The van der Waals surface area contributed by atoms with Crippen molar-refractivity contribution in [3.8, 4) is 0 Å². The van der Waals surface area contributed by atoms with Crippen molar-refractivity contribution in [2.45, 2.75) is 31.7 Å². The van der Waals surface area contributed by atoms with Crippen molar-refractivity contribution in [3.63, 3.8) is 0 Å². The quantitative estimate of drug-likeness (QED) is 0.890. The molecule has 0 saturated carbocycles. The summed E-state index contributed by atoms with van der Waals surface area (Å²) in [7, 11) is 1.69. The average molecular weight is 336 g/mol. The summed E-state index contributed by atoms with van der Waals surface area (Å²) in [5.41, 5.74) is -0.648. The summed E-state index contributed by atoms with van der Waals surface area (Å²) >= 11 is 1.47. The Kier molecular flexibility index (Phi) is 3.91. The Labute approximate surface area is 138 Å². The van der Waals surface area contributed by atoms with Crippen molar-refractivity contribution in [2.75, 3.05) is 20.1 Å². The van der Waals surface area contributed by atoms with Crippen LogP contribution in [0.25, 0.3) is 0 Å². The first-order valence-electron chi connectivity index (χ1n) is 7.70. The minimum atomic E-state index is -0.920. The van der Waals surface area contributed by atoms with E-state index in [2.05, 4.69) is 0 Å². The van der Waals surface area contributed by atoms with Crippen LogP contribution in [0.5, 0.6) is 0 Å². The van der Waals surface area contributed by atoms with Gasteiger partial charge in [-0.3, -0.25) is 14.4 Å². The maximum absolute atomic E-state index is 12.5. The van der Waals surface area contributed by atoms with Crippen LogP contribution in [-0.2, 0) is 9.59 Å². The van der Waals surface area contributed by atoms with Gasteiger partial charge in [0.05, 0.1) is 16.3 Å². The Morgan fingerprint density at radius 1 is 1.30 bits per heavy atom. The largest absolute Gasteiger partial charge is 0.481 e. The number of piperidine rings is 1. The molecule has 1 atom stereocenters. The van der Waals surface area contributed by atoms with Crippen LogP contribution < -0.4 is 0 Å². The molecule has 124 valence electrons. The van der Waals surface area contributed by atoms with Crippen molar-refractivity contribution in [3.05, 3.63) is 21.9 Å². The van der Waals surface area contributed by atoms with E-state index in [4.69, 9.17) is 0 Å². The van der Waals surface area contributed by atoms with Gasteiger partial charge < -0.3 is 14.9 Å². The van der Waals surface area contributed by atoms with Crippen molar-refractivity contribution in [1.82, 2.24) is 9.80 Å². The highest BCUT2D eigenvalue weighted by Gasteiger charge is 2.55. The monoisotopic (exact) mass is 336 g/mol. The molecule has 2 saturated heterocycles. The van der Waals surface area contributed by atoms with Gasteiger partial charge in [0.1, 0.15) is 0 Å². The second-order valence-corrected chi connectivity index (χ2v) is 7.64. The van der Waals surface area contributed by atoms with Gasteiger partial charge in [0.15, 0.2) is 0 Å². The lowest BCUT2D eigenvalue weighted by molar-refractivity contribution is -0.145.